The van der Waals surface area contributed by atoms with Crippen molar-refractivity contribution in [3.05, 3.63) is 0 Å². The second-order valence-electron chi connectivity index (χ2n) is 4.38. The van der Waals surface area contributed by atoms with E-state index in [4.69, 9.17) is 4.74 Å². The fourth-order valence-electron chi connectivity index (χ4n) is 1.99. The van der Waals surface area contributed by atoms with E-state index in [1.807, 2.05) is 0 Å². The van der Waals surface area contributed by atoms with Crippen LogP contribution in [0.3, 0.4) is 0 Å². The van der Waals surface area contributed by atoms with E-state index in [9.17, 15) is 13.5 Å². The van der Waals surface area contributed by atoms with E-state index in [0.717, 1.165) is 13.1 Å². The highest BCUT2D eigenvalue weighted by molar-refractivity contribution is 7.89. The van der Waals surface area contributed by atoms with Gasteiger partial charge in [-0.1, -0.05) is 0 Å². The molecule has 6 nitrogen and oxygen atoms in total. The van der Waals surface area contributed by atoms with Crippen LogP contribution in [0.2, 0.25) is 0 Å². The quantitative estimate of drug-likeness (QED) is 0.645. The van der Waals surface area contributed by atoms with Gasteiger partial charge in [0.25, 0.3) is 0 Å². The molecule has 0 aromatic carbocycles. The highest BCUT2D eigenvalue weighted by Crippen LogP contribution is 2.16. The van der Waals surface area contributed by atoms with E-state index >= 15 is 0 Å². The van der Waals surface area contributed by atoms with Gasteiger partial charge < -0.3 is 15.2 Å². The Morgan fingerprint density at radius 1 is 1.47 bits per heavy atom. The molecule has 1 aliphatic rings. The number of hydrogen-bond donors (Lipinski definition) is 2. The topological polar surface area (TPSA) is 78.9 Å². The first-order valence-corrected chi connectivity index (χ1v) is 7.31. The van der Waals surface area contributed by atoms with Crippen molar-refractivity contribution < 1.29 is 18.3 Å². The smallest absolute Gasteiger partial charge is 0.216 e. The lowest BCUT2D eigenvalue weighted by Gasteiger charge is -2.28. The van der Waals surface area contributed by atoms with E-state index in [0.29, 0.717) is 12.8 Å². The molecule has 102 valence electrons. The summed E-state index contributed by atoms with van der Waals surface area (Å²) in [5, 5.41) is 12.3. The second-order valence-corrected chi connectivity index (χ2v) is 6.70. The molecule has 0 aromatic heterocycles. The Kier molecular flexibility index (Phi) is 5.81. The third-order valence-corrected chi connectivity index (χ3v) is 5.30. The Bertz CT molecular complexity index is 314. The predicted octanol–water partition coefficient (Wildman–Crippen LogP) is -0.993. The van der Waals surface area contributed by atoms with Crippen LogP contribution in [0.15, 0.2) is 0 Å². The van der Waals surface area contributed by atoms with Crippen molar-refractivity contribution in [2.45, 2.75) is 24.2 Å². The van der Waals surface area contributed by atoms with Gasteiger partial charge in [0.05, 0.1) is 18.0 Å². The maximum Gasteiger partial charge on any atom is 0.216 e. The summed E-state index contributed by atoms with van der Waals surface area (Å²) in [7, 11) is -0.311. The van der Waals surface area contributed by atoms with Crippen LogP contribution in [0.5, 0.6) is 0 Å². The van der Waals surface area contributed by atoms with Gasteiger partial charge >= 0.3 is 0 Å². The second kappa shape index (κ2) is 6.65. The number of methoxy groups -OCH3 is 1. The summed E-state index contributed by atoms with van der Waals surface area (Å²) in [6.07, 6.45) is 0.488. The van der Waals surface area contributed by atoms with Crippen molar-refractivity contribution in [3.8, 4) is 0 Å². The maximum absolute atomic E-state index is 12.2. The summed E-state index contributed by atoms with van der Waals surface area (Å²) >= 11 is 0. The number of ether oxygens (including phenoxy) is 1. The van der Waals surface area contributed by atoms with Gasteiger partial charge in [0.1, 0.15) is 0 Å². The van der Waals surface area contributed by atoms with E-state index in [2.05, 4.69) is 5.32 Å². The molecule has 1 aliphatic heterocycles. The first-order chi connectivity index (χ1) is 7.98. The molecule has 0 radical (unpaired) electrons. The number of rotatable bonds is 6. The zero-order chi connectivity index (χ0) is 12.9. The summed E-state index contributed by atoms with van der Waals surface area (Å²) in [6.45, 7) is 1.70. The SMILES string of the molecule is COCC(O)CN(C)S(=O)(=O)C1CCNCC1. The highest BCUT2D eigenvalue weighted by atomic mass is 32.2. The first-order valence-electron chi connectivity index (χ1n) is 5.81. The number of nitrogens with one attached hydrogen (secondary N) is 1. The van der Waals surface area contributed by atoms with Crippen LogP contribution in [0.25, 0.3) is 0 Å². The van der Waals surface area contributed by atoms with Gasteiger partial charge in [-0.2, -0.15) is 0 Å². The van der Waals surface area contributed by atoms with Gasteiger partial charge in [0, 0.05) is 20.7 Å². The lowest BCUT2D eigenvalue weighted by molar-refractivity contribution is 0.0552. The fourth-order valence-corrected chi connectivity index (χ4v) is 3.71. The minimum Gasteiger partial charge on any atom is -0.389 e. The molecule has 0 aliphatic carbocycles. The highest BCUT2D eigenvalue weighted by Gasteiger charge is 2.31. The molecule has 0 aromatic rings. The standard InChI is InChI=1S/C10H22N2O4S/c1-12(7-9(13)8-16-2)17(14,15)10-3-5-11-6-4-10/h9-11,13H,3-8H2,1-2H3. The van der Waals surface area contributed by atoms with Crippen LogP contribution in [-0.4, -0.2) is 69.6 Å². The Hall–Kier alpha value is -0.210. The molecule has 1 atom stereocenters. The van der Waals surface area contributed by atoms with Gasteiger partial charge in [-0.15, -0.1) is 0 Å². The summed E-state index contributed by atoms with van der Waals surface area (Å²) in [4.78, 5) is 0. The summed E-state index contributed by atoms with van der Waals surface area (Å²) < 4.78 is 30.4. The lowest BCUT2D eigenvalue weighted by atomic mass is 10.2. The van der Waals surface area contributed by atoms with Gasteiger partial charge in [0.2, 0.25) is 10.0 Å². The molecule has 0 amide bonds. The molecular formula is C10H22N2O4S. The van der Waals surface area contributed by atoms with Crippen LogP contribution >= 0.6 is 0 Å². The van der Waals surface area contributed by atoms with E-state index in [1.165, 1.54) is 18.5 Å². The van der Waals surface area contributed by atoms with E-state index in [-0.39, 0.29) is 18.4 Å². The lowest BCUT2D eigenvalue weighted by Crippen LogP contribution is -2.45. The van der Waals surface area contributed by atoms with Crippen molar-refractivity contribution >= 4 is 10.0 Å². The first kappa shape index (κ1) is 14.8. The Morgan fingerprint density at radius 3 is 2.59 bits per heavy atom. The number of likely N-dealkylation sites (N-methyl/N-ethyl adjacent to an activating group) is 1. The van der Waals surface area contributed by atoms with Crippen molar-refractivity contribution in [2.75, 3.05) is 40.4 Å². The van der Waals surface area contributed by atoms with Crippen LogP contribution < -0.4 is 5.32 Å². The molecule has 1 heterocycles. The monoisotopic (exact) mass is 266 g/mol. The van der Waals surface area contributed by atoms with Crippen molar-refractivity contribution in [2.24, 2.45) is 0 Å². The fraction of sp³-hybridized carbons (Fsp3) is 1.00. The molecule has 2 N–H and O–H groups in total. The molecule has 0 spiro atoms. The normalized spacial score (nSPS) is 20.7. The number of hydrogen-bond acceptors (Lipinski definition) is 5. The van der Waals surface area contributed by atoms with Crippen molar-refractivity contribution in [1.82, 2.24) is 9.62 Å². The van der Waals surface area contributed by atoms with Crippen molar-refractivity contribution in [1.29, 1.82) is 0 Å². The average molecular weight is 266 g/mol. The van der Waals surface area contributed by atoms with E-state index in [1.54, 1.807) is 0 Å². The van der Waals surface area contributed by atoms with Crippen LogP contribution in [0.1, 0.15) is 12.8 Å². The number of aliphatic hydroxyl groups excluding tert-OH is 1. The average Bonchev–Trinajstić information content (AvgIpc) is 2.30. The minimum absolute atomic E-state index is 0.0834. The molecule has 0 saturated carbocycles. The number of aliphatic hydroxyl groups is 1. The summed E-state index contributed by atoms with van der Waals surface area (Å²) in [5.74, 6) is 0. The van der Waals surface area contributed by atoms with Crippen molar-refractivity contribution in [3.63, 3.8) is 0 Å². The Balaban J connectivity index is 2.56. The van der Waals surface area contributed by atoms with E-state index < -0.39 is 16.1 Å². The molecule has 1 fully saturated rings. The predicted molar refractivity (Wildman–Crippen MR) is 65.3 cm³/mol. The largest absolute Gasteiger partial charge is 0.389 e. The zero-order valence-electron chi connectivity index (χ0n) is 10.4. The van der Waals surface area contributed by atoms with Gasteiger partial charge in [-0.05, 0) is 25.9 Å². The van der Waals surface area contributed by atoms with Crippen LogP contribution in [-0.2, 0) is 14.8 Å². The minimum atomic E-state index is -3.30. The van der Waals surface area contributed by atoms with Crippen LogP contribution in [0.4, 0.5) is 0 Å². The maximum atomic E-state index is 12.2. The third-order valence-electron chi connectivity index (χ3n) is 2.97. The molecule has 7 heteroatoms. The van der Waals surface area contributed by atoms with Gasteiger partial charge in [0.15, 0.2) is 0 Å². The molecule has 1 saturated heterocycles. The Labute approximate surface area is 103 Å². The number of nitrogens with zero attached hydrogens (tertiary/aromatic N) is 1. The third kappa shape index (κ3) is 4.18. The zero-order valence-corrected chi connectivity index (χ0v) is 11.2. The molecule has 0 bridgehead atoms. The van der Waals surface area contributed by atoms with Gasteiger partial charge in [-0.3, -0.25) is 0 Å². The molecular weight excluding hydrogens is 244 g/mol. The number of piperidine rings is 1. The molecule has 1 rings (SSSR count). The van der Waals surface area contributed by atoms with Crippen LogP contribution in [0, 0.1) is 0 Å². The summed E-state index contributed by atoms with van der Waals surface area (Å²) in [5.41, 5.74) is 0. The molecule has 17 heavy (non-hydrogen) atoms. The van der Waals surface area contributed by atoms with Gasteiger partial charge in [-0.25, -0.2) is 12.7 Å². The molecule has 1 unspecified atom stereocenters. The Morgan fingerprint density at radius 2 is 2.06 bits per heavy atom. The summed E-state index contributed by atoms with van der Waals surface area (Å²) in [6, 6.07) is 0. The number of sulfonamides is 1.